The van der Waals surface area contributed by atoms with Crippen LogP contribution in [0.1, 0.15) is 23.6 Å². The molecule has 2 atom stereocenters. The Hall–Kier alpha value is -1.36. The van der Waals surface area contributed by atoms with Crippen LogP contribution < -0.4 is 4.74 Å². The van der Waals surface area contributed by atoms with Gasteiger partial charge in [0.15, 0.2) is 0 Å². The van der Waals surface area contributed by atoms with Crippen molar-refractivity contribution in [1.29, 1.82) is 0 Å². The van der Waals surface area contributed by atoms with E-state index in [0.717, 1.165) is 28.0 Å². The highest BCUT2D eigenvalue weighted by Crippen LogP contribution is 2.36. The molecule has 0 aliphatic heterocycles. The van der Waals surface area contributed by atoms with Gasteiger partial charge in [0.1, 0.15) is 5.75 Å². The summed E-state index contributed by atoms with van der Waals surface area (Å²) in [7, 11) is 0. The van der Waals surface area contributed by atoms with Gasteiger partial charge in [0, 0.05) is 17.2 Å². The predicted molar refractivity (Wildman–Crippen MR) is 99.4 cm³/mol. The first-order chi connectivity index (χ1) is 11.4. The quantitative estimate of drug-likeness (QED) is 0.532. The van der Waals surface area contributed by atoms with Crippen molar-refractivity contribution in [3.63, 3.8) is 0 Å². The lowest BCUT2D eigenvalue weighted by molar-refractivity contribution is 0.269. The molecule has 0 aliphatic carbocycles. The largest absolute Gasteiger partial charge is 0.772 e. The van der Waals surface area contributed by atoms with Crippen molar-refractivity contribution in [2.75, 3.05) is 12.4 Å². The minimum atomic E-state index is -2.05. The lowest BCUT2D eigenvalue weighted by atomic mass is 9.92. The maximum absolute atomic E-state index is 10.8. The van der Waals surface area contributed by atoms with E-state index >= 15 is 0 Å². The highest BCUT2D eigenvalue weighted by Gasteiger charge is 2.16. The second kappa shape index (κ2) is 8.65. The van der Waals surface area contributed by atoms with E-state index in [-0.39, 0.29) is 11.7 Å². The summed E-state index contributed by atoms with van der Waals surface area (Å²) in [6, 6.07) is 12.2. The number of hydrogen-bond acceptors (Lipinski definition) is 3. The molecule has 3 nitrogen and oxygen atoms in total. The zero-order valence-corrected chi connectivity index (χ0v) is 15.7. The number of hydrogen-bond donors (Lipinski definition) is 0. The first-order valence-corrected chi connectivity index (χ1v) is 9.65. The van der Waals surface area contributed by atoms with Gasteiger partial charge in [-0.05, 0) is 42.2 Å². The van der Waals surface area contributed by atoms with Crippen molar-refractivity contribution in [3.05, 3.63) is 53.1 Å². The molecular formula is C19H22ClO3S-. The van der Waals surface area contributed by atoms with Gasteiger partial charge in [-0.25, -0.2) is 0 Å². The Morgan fingerprint density at radius 3 is 2.50 bits per heavy atom. The molecule has 0 N–H and O–H groups in total. The SMILES string of the molecule is Cc1cc(OCC(C)CS(=O)[O-])c(CCl)c(C)c1-c1ccccc1. The molecule has 0 spiro atoms. The Kier molecular flexibility index (Phi) is 6.84. The van der Waals surface area contributed by atoms with Crippen LogP contribution in [0.2, 0.25) is 0 Å². The van der Waals surface area contributed by atoms with Gasteiger partial charge in [-0.3, -0.25) is 4.21 Å². The number of aryl methyl sites for hydroxylation is 1. The van der Waals surface area contributed by atoms with E-state index in [4.69, 9.17) is 16.3 Å². The van der Waals surface area contributed by atoms with E-state index in [1.165, 1.54) is 5.56 Å². The van der Waals surface area contributed by atoms with Gasteiger partial charge in [-0.2, -0.15) is 0 Å². The third-order valence-electron chi connectivity index (χ3n) is 4.01. The first kappa shape index (κ1) is 19.0. The average molecular weight is 366 g/mol. The molecule has 0 saturated heterocycles. The number of halogens is 1. The Balaban J connectivity index is 2.33. The molecule has 2 rings (SSSR count). The van der Waals surface area contributed by atoms with Crippen LogP contribution in [-0.4, -0.2) is 21.1 Å². The van der Waals surface area contributed by atoms with E-state index in [1.807, 2.05) is 31.2 Å². The lowest BCUT2D eigenvalue weighted by Gasteiger charge is -2.20. The van der Waals surface area contributed by atoms with E-state index in [1.54, 1.807) is 0 Å². The molecule has 0 saturated carbocycles. The zero-order valence-electron chi connectivity index (χ0n) is 14.2. The van der Waals surface area contributed by atoms with Crippen LogP contribution in [0.5, 0.6) is 5.75 Å². The molecule has 24 heavy (non-hydrogen) atoms. The molecule has 130 valence electrons. The topological polar surface area (TPSA) is 49.4 Å². The Labute approximate surface area is 151 Å². The van der Waals surface area contributed by atoms with E-state index in [2.05, 4.69) is 26.0 Å². The fourth-order valence-corrected chi connectivity index (χ4v) is 3.74. The monoisotopic (exact) mass is 365 g/mol. The predicted octanol–water partition coefficient (Wildman–Crippen LogP) is 4.60. The van der Waals surface area contributed by atoms with Crippen LogP contribution in [0.25, 0.3) is 11.1 Å². The minimum absolute atomic E-state index is 0.0686. The van der Waals surface area contributed by atoms with Crippen LogP contribution in [0.4, 0.5) is 0 Å². The normalized spacial score (nSPS) is 13.5. The summed E-state index contributed by atoms with van der Waals surface area (Å²) in [5, 5.41) is 0. The van der Waals surface area contributed by atoms with Crippen molar-refractivity contribution in [1.82, 2.24) is 0 Å². The molecule has 0 heterocycles. The zero-order chi connectivity index (χ0) is 17.7. The maximum atomic E-state index is 10.8. The molecule has 0 bridgehead atoms. The van der Waals surface area contributed by atoms with Gasteiger partial charge < -0.3 is 9.29 Å². The molecule has 2 aromatic carbocycles. The number of alkyl halides is 1. The summed E-state index contributed by atoms with van der Waals surface area (Å²) in [6.45, 7) is 6.31. The summed E-state index contributed by atoms with van der Waals surface area (Å²) in [4.78, 5) is 0. The highest BCUT2D eigenvalue weighted by atomic mass is 35.5. The van der Waals surface area contributed by atoms with Crippen LogP contribution in [-0.2, 0) is 17.0 Å². The Morgan fingerprint density at radius 1 is 1.25 bits per heavy atom. The Bertz CT molecular complexity index is 716. The summed E-state index contributed by atoms with van der Waals surface area (Å²) < 4.78 is 27.4. The first-order valence-electron chi connectivity index (χ1n) is 7.87. The molecule has 2 aromatic rings. The van der Waals surface area contributed by atoms with Gasteiger partial charge in [-0.1, -0.05) is 48.3 Å². The maximum Gasteiger partial charge on any atom is 0.124 e. The van der Waals surface area contributed by atoms with Gasteiger partial charge in [0.05, 0.1) is 12.5 Å². The fourth-order valence-electron chi connectivity index (χ4n) is 2.84. The third-order valence-corrected chi connectivity index (χ3v) is 5.12. The molecule has 0 amide bonds. The molecule has 0 fully saturated rings. The molecule has 0 aliphatic rings. The van der Waals surface area contributed by atoms with Crippen molar-refractivity contribution < 1.29 is 13.5 Å². The van der Waals surface area contributed by atoms with Crippen LogP contribution in [0.15, 0.2) is 36.4 Å². The summed E-state index contributed by atoms with van der Waals surface area (Å²) in [5.74, 6) is 1.11. The summed E-state index contributed by atoms with van der Waals surface area (Å²) in [6.07, 6.45) is 0. The Morgan fingerprint density at radius 2 is 1.92 bits per heavy atom. The molecular weight excluding hydrogens is 344 g/mol. The second-order valence-electron chi connectivity index (χ2n) is 6.06. The highest BCUT2D eigenvalue weighted by molar-refractivity contribution is 7.79. The van der Waals surface area contributed by atoms with Gasteiger partial charge >= 0.3 is 0 Å². The van der Waals surface area contributed by atoms with E-state index < -0.39 is 11.1 Å². The molecule has 0 radical (unpaired) electrons. The van der Waals surface area contributed by atoms with Crippen molar-refractivity contribution >= 4 is 22.7 Å². The smallest absolute Gasteiger partial charge is 0.124 e. The van der Waals surface area contributed by atoms with Crippen LogP contribution in [0.3, 0.4) is 0 Å². The van der Waals surface area contributed by atoms with Crippen molar-refractivity contribution in [2.24, 2.45) is 5.92 Å². The lowest BCUT2D eigenvalue weighted by Crippen LogP contribution is -2.16. The molecule has 5 heteroatoms. The summed E-state index contributed by atoms with van der Waals surface area (Å²) >= 11 is 4.12. The standard InChI is InChI=1S/C19H23ClO3S/c1-13(12-24(21)22)11-23-18-9-14(2)19(15(3)17(18)10-20)16-7-5-4-6-8-16/h4-9,13H,10-12H2,1-3H3,(H,21,22)/p-1. The molecule has 0 aromatic heterocycles. The number of benzene rings is 2. The number of ether oxygens (including phenoxy) is 1. The van der Waals surface area contributed by atoms with Gasteiger partial charge in [0.25, 0.3) is 0 Å². The van der Waals surface area contributed by atoms with E-state index in [9.17, 15) is 8.76 Å². The third kappa shape index (κ3) is 4.59. The van der Waals surface area contributed by atoms with Crippen LogP contribution in [0, 0.1) is 19.8 Å². The van der Waals surface area contributed by atoms with Crippen LogP contribution >= 0.6 is 11.6 Å². The second-order valence-corrected chi connectivity index (χ2v) is 7.26. The van der Waals surface area contributed by atoms with Gasteiger partial charge in [0.2, 0.25) is 0 Å². The molecule has 2 unspecified atom stereocenters. The van der Waals surface area contributed by atoms with Crippen molar-refractivity contribution in [2.45, 2.75) is 26.7 Å². The van der Waals surface area contributed by atoms with E-state index in [0.29, 0.717) is 12.5 Å². The minimum Gasteiger partial charge on any atom is -0.772 e. The van der Waals surface area contributed by atoms with Gasteiger partial charge in [-0.15, -0.1) is 11.6 Å². The van der Waals surface area contributed by atoms with Crippen molar-refractivity contribution in [3.8, 4) is 16.9 Å². The number of rotatable bonds is 7. The average Bonchev–Trinajstić information content (AvgIpc) is 2.53. The fraction of sp³-hybridized carbons (Fsp3) is 0.368. The summed E-state index contributed by atoms with van der Waals surface area (Å²) in [5.41, 5.74) is 5.50.